The Labute approximate surface area is 135 Å². The summed E-state index contributed by atoms with van der Waals surface area (Å²) in [4.78, 5) is 4.16. The molecule has 6 nitrogen and oxygen atoms in total. The van der Waals surface area contributed by atoms with Gasteiger partial charge in [-0.3, -0.25) is 0 Å². The van der Waals surface area contributed by atoms with Gasteiger partial charge in [0.25, 0.3) is 0 Å². The van der Waals surface area contributed by atoms with Crippen molar-refractivity contribution in [1.29, 1.82) is 0 Å². The van der Waals surface area contributed by atoms with Crippen molar-refractivity contribution in [3.63, 3.8) is 0 Å². The highest BCUT2D eigenvalue weighted by Gasteiger charge is 2.15. The van der Waals surface area contributed by atoms with Crippen molar-refractivity contribution in [2.24, 2.45) is 0 Å². The Morgan fingerprint density at radius 2 is 2.09 bits per heavy atom. The van der Waals surface area contributed by atoms with Crippen LogP contribution in [0.1, 0.15) is 42.6 Å². The molecule has 0 fully saturated rings. The molecule has 23 heavy (non-hydrogen) atoms. The van der Waals surface area contributed by atoms with Crippen LogP contribution >= 0.6 is 0 Å². The summed E-state index contributed by atoms with van der Waals surface area (Å²) in [7, 11) is -3.63. The molecule has 0 saturated heterocycles. The van der Waals surface area contributed by atoms with E-state index in [1.165, 1.54) is 12.1 Å². The highest BCUT2D eigenvalue weighted by atomic mass is 32.2. The molecule has 0 aliphatic carbocycles. The molecule has 2 rings (SSSR count). The molecular formula is C15H20FN3O3S. The molecule has 0 aliphatic heterocycles. The third kappa shape index (κ3) is 5.11. The van der Waals surface area contributed by atoms with E-state index in [9.17, 15) is 12.8 Å². The fourth-order valence-corrected chi connectivity index (χ4v) is 3.10. The van der Waals surface area contributed by atoms with Crippen LogP contribution in [0.5, 0.6) is 0 Å². The van der Waals surface area contributed by atoms with Gasteiger partial charge in [-0.25, -0.2) is 17.5 Å². The van der Waals surface area contributed by atoms with Crippen LogP contribution in [-0.4, -0.2) is 25.1 Å². The maximum absolute atomic E-state index is 13.7. The van der Waals surface area contributed by atoms with E-state index in [1.54, 1.807) is 13.0 Å². The zero-order valence-corrected chi connectivity index (χ0v) is 14.2. The summed E-state index contributed by atoms with van der Waals surface area (Å²) in [6, 6.07) is 4.48. The number of aromatic nitrogens is 2. The van der Waals surface area contributed by atoms with Crippen molar-refractivity contribution >= 4 is 10.0 Å². The summed E-state index contributed by atoms with van der Waals surface area (Å²) in [5, 5.41) is 3.81. The first kappa shape index (κ1) is 17.6. The van der Waals surface area contributed by atoms with Gasteiger partial charge in [-0.15, -0.1) is 0 Å². The Hall–Kier alpha value is -1.80. The van der Waals surface area contributed by atoms with Crippen LogP contribution in [-0.2, 0) is 22.2 Å². The molecule has 8 heteroatoms. The van der Waals surface area contributed by atoms with E-state index in [0.29, 0.717) is 11.7 Å². The van der Waals surface area contributed by atoms with Crippen molar-refractivity contribution in [1.82, 2.24) is 14.9 Å². The predicted molar refractivity (Wildman–Crippen MR) is 83.9 cm³/mol. The fraction of sp³-hybridized carbons (Fsp3) is 0.467. The zero-order chi connectivity index (χ0) is 17.0. The third-order valence-electron chi connectivity index (χ3n) is 3.22. The molecule has 0 radical (unpaired) electrons. The summed E-state index contributed by atoms with van der Waals surface area (Å²) in [5.74, 6) is 0.185. The smallest absolute Gasteiger partial charge is 0.227 e. The Morgan fingerprint density at radius 3 is 2.70 bits per heavy atom. The molecule has 1 heterocycles. The maximum atomic E-state index is 13.7. The second-order valence-electron chi connectivity index (χ2n) is 5.70. The minimum absolute atomic E-state index is 0.121. The second kappa shape index (κ2) is 7.18. The van der Waals surface area contributed by atoms with E-state index in [1.807, 2.05) is 13.8 Å². The Balaban J connectivity index is 1.90. The van der Waals surface area contributed by atoms with E-state index in [-0.39, 0.29) is 24.4 Å². The second-order valence-corrected chi connectivity index (χ2v) is 7.51. The SMILES string of the molecule is Cc1ccc(CS(=O)(=O)NCCc2nc(C(C)C)no2)c(F)c1. The first-order chi connectivity index (χ1) is 10.8. The zero-order valence-electron chi connectivity index (χ0n) is 13.3. The van der Waals surface area contributed by atoms with Gasteiger partial charge in [0.05, 0.1) is 5.75 Å². The average molecular weight is 341 g/mol. The summed E-state index contributed by atoms with van der Waals surface area (Å²) < 4.78 is 45.2. The number of hydrogen-bond donors (Lipinski definition) is 1. The van der Waals surface area contributed by atoms with Crippen molar-refractivity contribution in [2.45, 2.75) is 38.9 Å². The van der Waals surface area contributed by atoms with E-state index >= 15 is 0 Å². The normalized spacial score (nSPS) is 12.0. The molecule has 0 unspecified atom stereocenters. The molecule has 2 aromatic rings. The predicted octanol–water partition coefficient (Wildman–Crippen LogP) is 2.30. The first-order valence-electron chi connectivity index (χ1n) is 7.31. The molecule has 0 atom stereocenters. The number of benzene rings is 1. The van der Waals surface area contributed by atoms with Crippen LogP contribution in [0.25, 0.3) is 0 Å². The fourth-order valence-electron chi connectivity index (χ4n) is 1.94. The van der Waals surface area contributed by atoms with Gasteiger partial charge >= 0.3 is 0 Å². The average Bonchev–Trinajstić information content (AvgIpc) is 2.91. The van der Waals surface area contributed by atoms with Crippen LogP contribution in [0.4, 0.5) is 4.39 Å². The molecule has 0 saturated carbocycles. The Kier molecular flexibility index (Phi) is 5.48. The molecule has 0 amide bonds. The van der Waals surface area contributed by atoms with Crippen molar-refractivity contribution in [3.05, 3.63) is 46.9 Å². The van der Waals surface area contributed by atoms with E-state index in [2.05, 4.69) is 14.9 Å². The van der Waals surface area contributed by atoms with Gasteiger partial charge in [-0.1, -0.05) is 31.1 Å². The van der Waals surface area contributed by atoms with Gasteiger partial charge in [0.1, 0.15) is 5.82 Å². The minimum Gasteiger partial charge on any atom is -0.339 e. The van der Waals surface area contributed by atoms with Crippen LogP contribution in [0.3, 0.4) is 0 Å². The van der Waals surface area contributed by atoms with Gasteiger partial charge in [-0.2, -0.15) is 4.98 Å². The molecule has 0 bridgehead atoms. The highest BCUT2D eigenvalue weighted by molar-refractivity contribution is 7.88. The Bertz CT molecular complexity index is 772. The molecule has 1 N–H and O–H groups in total. The van der Waals surface area contributed by atoms with Crippen molar-refractivity contribution in [3.8, 4) is 0 Å². The molecular weight excluding hydrogens is 321 g/mol. The topological polar surface area (TPSA) is 85.1 Å². The third-order valence-corrected chi connectivity index (χ3v) is 4.55. The first-order valence-corrected chi connectivity index (χ1v) is 8.97. The lowest BCUT2D eigenvalue weighted by molar-refractivity contribution is 0.371. The van der Waals surface area contributed by atoms with E-state index in [4.69, 9.17) is 4.52 Å². The van der Waals surface area contributed by atoms with Crippen LogP contribution in [0.2, 0.25) is 0 Å². The number of rotatable bonds is 7. The lowest BCUT2D eigenvalue weighted by atomic mass is 10.2. The van der Waals surface area contributed by atoms with Crippen molar-refractivity contribution < 1.29 is 17.3 Å². The standard InChI is InChI=1S/C15H20FN3O3S/c1-10(2)15-18-14(22-19-15)6-7-17-23(20,21)9-12-5-4-11(3)8-13(12)16/h4-5,8,10,17H,6-7,9H2,1-3H3. The molecule has 0 spiro atoms. The molecule has 126 valence electrons. The maximum Gasteiger partial charge on any atom is 0.227 e. The summed E-state index contributed by atoms with van der Waals surface area (Å²) in [6.45, 7) is 5.74. The number of hydrogen-bond acceptors (Lipinski definition) is 5. The van der Waals surface area contributed by atoms with Gasteiger partial charge in [0.2, 0.25) is 15.9 Å². The monoisotopic (exact) mass is 341 g/mol. The van der Waals surface area contributed by atoms with Crippen LogP contribution < -0.4 is 4.72 Å². The summed E-state index contributed by atoms with van der Waals surface area (Å²) in [6.07, 6.45) is 0.287. The number of sulfonamides is 1. The van der Waals surface area contributed by atoms with E-state index in [0.717, 1.165) is 5.56 Å². The number of halogens is 1. The van der Waals surface area contributed by atoms with Crippen LogP contribution in [0.15, 0.2) is 22.7 Å². The van der Waals surface area contributed by atoms with Gasteiger partial charge in [0.15, 0.2) is 5.82 Å². The van der Waals surface area contributed by atoms with Crippen LogP contribution in [0, 0.1) is 12.7 Å². The molecule has 0 aliphatic rings. The highest BCUT2D eigenvalue weighted by Crippen LogP contribution is 2.13. The largest absolute Gasteiger partial charge is 0.339 e. The minimum atomic E-state index is -3.63. The lowest BCUT2D eigenvalue weighted by Crippen LogP contribution is -2.27. The quantitative estimate of drug-likeness (QED) is 0.835. The number of aryl methyl sites for hydroxylation is 1. The van der Waals surface area contributed by atoms with Gasteiger partial charge < -0.3 is 4.52 Å². The van der Waals surface area contributed by atoms with Crippen molar-refractivity contribution in [2.75, 3.05) is 6.54 Å². The number of nitrogens with zero attached hydrogens (tertiary/aromatic N) is 2. The molecule has 1 aromatic heterocycles. The Morgan fingerprint density at radius 1 is 1.35 bits per heavy atom. The lowest BCUT2D eigenvalue weighted by Gasteiger charge is -2.07. The number of nitrogens with one attached hydrogen (secondary N) is 1. The van der Waals surface area contributed by atoms with E-state index < -0.39 is 21.6 Å². The summed E-state index contributed by atoms with van der Waals surface area (Å²) in [5.41, 5.74) is 0.886. The van der Waals surface area contributed by atoms with Gasteiger partial charge in [-0.05, 0) is 18.6 Å². The van der Waals surface area contributed by atoms with Gasteiger partial charge in [0, 0.05) is 24.4 Å². The molecule has 1 aromatic carbocycles. The summed E-state index contributed by atoms with van der Waals surface area (Å²) >= 11 is 0.